The van der Waals surface area contributed by atoms with Crippen molar-refractivity contribution in [3.05, 3.63) is 82.5 Å². The molecule has 0 bridgehead atoms. The molecule has 0 spiro atoms. The molecule has 2 aromatic carbocycles. The Bertz CT molecular complexity index is 896. The van der Waals surface area contributed by atoms with Crippen LogP contribution in [0, 0.1) is 0 Å². The summed E-state index contributed by atoms with van der Waals surface area (Å²) < 4.78 is 0. The number of nitrogens with one attached hydrogen (secondary N) is 2. The van der Waals surface area contributed by atoms with Crippen molar-refractivity contribution in [2.45, 2.75) is 19.9 Å². The van der Waals surface area contributed by atoms with Gasteiger partial charge in [-0.2, -0.15) is 0 Å². The third kappa shape index (κ3) is 4.37. The number of para-hydroxylation sites is 1. The molecule has 26 heavy (non-hydrogen) atoms. The maximum atomic E-state index is 12.4. The minimum Gasteiger partial charge on any atom is -0.364 e. The van der Waals surface area contributed by atoms with E-state index in [1.807, 2.05) is 55.5 Å². The fraction of sp³-hybridized carbons (Fsp3) is 0.150. The van der Waals surface area contributed by atoms with Gasteiger partial charge in [-0.1, -0.05) is 54.9 Å². The highest BCUT2D eigenvalue weighted by Crippen LogP contribution is 2.17. The van der Waals surface area contributed by atoms with Crippen LogP contribution in [0.25, 0.3) is 0 Å². The Kier molecular flexibility index (Phi) is 5.81. The van der Waals surface area contributed by atoms with Crippen LogP contribution in [0.2, 0.25) is 5.02 Å². The van der Waals surface area contributed by atoms with Gasteiger partial charge in [0.2, 0.25) is 0 Å². The Hall–Kier alpha value is -2.92. The van der Waals surface area contributed by atoms with E-state index in [0.717, 1.165) is 23.2 Å². The second-order valence-electron chi connectivity index (χ2n) is 5.71. The molecule has 0 aliphatic carbocycles. The van der Waals surface area contributed by atoms with Gasteiger partial charge in [0, 0.05) is 17.3 Å². The smallest absolute Gasteiger partial charge is 0.276 e. The normalized spacial score (nSPS) is 10.4. The van der Waals surface area contributed by atoms with Gasteiger partial charge in [-0.25, -0.2) is 0 Å². The Morgan fingerprint density at radius 2 is 1.69 bits per heavy atom. The van der Waals surface area contributed by atoms with E-state index in [0.29, 0.717) is 17.4 Å². The molecule has 1 aromatic heterocycles. The zero-order valence-corrected chi connectivity index (χ0v) is 15.1. The van der Waals surface area contributed by atoms with E-state index in [9.17, 15) is 4.79 Å². The van der Waals surface area contributed by atoms with E-state index in [1.54, 1.807) is 12.1 Å². The van der Waals surface area contributed by atoms with Gasteiger partial charge < -0.3 is 10.6 Å². The van der Waals surface area contributed by atoms with Crippen LogP contribution in [-0.2, 0) is 13.0 Å². The lowest BCUT2D eigenvalue weighted by molar-refractivity contribution is 0.102. The van der Waals surface area contributed by atoms with Crippen LogP contribution < -0.4 is 10.6 Å². The number of benzene rings is 2. The highest BCUT2D eigenvalue weighted by Gasteiger charge is 2.10. The summed E-state index contributed by atoms with van der Waals surface area (Å²) in [5.41, 5.74) is 3.10. The SMILES string of the molecule is CCc1ccccc1NC(=O)c1ccc(NCc2ccccc2Cl)nn1. The molecular weight excluding hydrogens is 348 g/mol. The first-order chi connectivity index (χ1) is 12.7. The zero-order valence-electron chi connectivity index (χ0n) is 14.4. The van der Waals surface area contributed by atoms with Crippen molar-refractivity contribution < 1.29 is 4.79 Å². The van der Waals surface area contributed by atoms with Crippen LogP contribution in [0.1, 0.15) is 28.5 Å². The van der Waals surface area contributed by atoms with Crippen LogP contribution in [0.3, 0.4) is 0 Å². The van der Waals surface area contributed by atoms with Gasteiger partial charge in [-0.15, -0.1) is 10.2 Å². The molecule has 6 heteroatoms. The van der Waals surface area contributed by atoms with Crippen LogP contribution in [0.4, 0.5) is 11.5 Å². The van der Waals surface area contributed by atoms with Crippen molar-refractivity contribution >= 4 is 29.0 Å². The van der Waals surface area contributed by atoms with E-state index in [4.69, 9.17) is 11.6 Å². The van der Waals surface area contributed by atoms with Crippen LogP contribution in [0.15, 0.2) is 60.7 Å². The summed E-state index contributed by atoms with van der Waals surface area (Å²) >= 11 is 6.13. The summed E-state index contributed by atoms with van der Waals surface area (Å²) in [6.07, 6.45) is 0.840. The van der Waals surface area contributed by atoms with Crippen molar-refractivity contribution in [1.29, 1.82) is 0 Å². The van der Waals surface area contributed by atoms with Crippen LogP contribution >= 0.6 is 11.6 Å². The molecule has 0 atom stereocenters. The maximum Gasteiger partial charge on any atom is 0.276 e. The predicted molar refractivity (Wildman–Crippen MR) is 105 cm³/mol. The number of carbonyl (C=O) groups excluding carboxylic acids is 1. The standard InChI is InChI=1S/C20H19ClN4O/c1-2-14-7-4-6-10-17(14)23-20(26)18-11-12-19(25-24-18)22-13-15-8-3-5-9-16(15)21/h3-12H,2,13H2,1H3,(H,22,25)(H,23,26). The van der Waals surface area contributed by atoms with Gasteiger partial charge in [0.25, 0.3) is 5.91 Å². The van der Waals surface area contributed by atoms with Gasteiger partial charge in [-0.3, -0.25) is 4.79 Å². The maximum absolute atomic E-state index is 12.4. The average Bonchev–Trinajstić information content (AvgIpc) is 2.68. The fourth-order valence-electron chi connectivity index (χ4n) is 2.51. The number of hydrogen-bond acceptors (Lipinski definition) is 4. The number of carbonyl (C=O) groups is 1. The Morgan fingerprint density at radius 1 is 0.962 bits per heavy atom. The second kappa shape index (κ2) is 8.45. The Morgan fingerprint density at radius 3 is 2.38 bits per heavy atom. The molecule has 1 heterocycles. The topological polar surface area (TPSA) is 66.9 Å². The number of rotatable bonds is 6. The van der Waals surface area contributed by atoms with Crippen molar-refractivity contribution in [1.82, 2.24) is 10.2 Å². The number of aromatic nitrogens is 2. The number of halogens is 1. The number of amides is 1. The molecule has 0 saturated heterocycles. The number of aryl methyl sites for hydroxylation is 1. The molecule has 0 aliphatic rings. The van der Waals surface area contributed by atoms with Crippen molar-refractivity contribution in [3.8, 4) is 0 Å². The molecule has 2 N–H and O–H groups in total. The van der Waals surface area contributed by atoms with Gasteiger partial charge >= 0.3 is 0 Å². The summed E-state index contributed by atoms with van der Waals surface area (Å²) in [5, 5.41) is 14.8. The molecule has 0 saturated carbocycles. The lowest BCUT2D eigenvalue weighted by Gasteiger charge is -2.10. The van der Waals surface area contributed by atoms with E-state index < -0.39 is 0 Å². The van der Waals surface area contributed by atoms with Gasteiger partial charge in [-0.05, 0) is 41.8 Å². The molecule has 3 aromatic rings. The number of hydrogen-bond donors (Lipinski definition) is 2. The first-order valence-electron chi connectivity index (χ1n) is 8.37. The monoisotopic (exact) mass is 366 g/mol. The van der Waals surface area contributed by atoms with E-state index in [1.165, 1.54) is 0 Å². The Labute approximate surface area is 157 Å². The summed E-state index contributed by atoms with van der Waals surface area (Å²) in [4.78, 5) is 12.4. The quantitative estimate of drug-likeness (QED) is 0.671. The van der Waals surface area contributed by atoms with Crippen molar-refractivity contribution in [3.63, 3.8) is 0 Å². The predicted octanol–water partition coefficient (Wildman–Crippen LogP) is 4.56. The third-order valence-corrected chi connectivity index (χ3v) is 4.33. The minimum atomic E-state index is -0.281. The van der Waals surface area contributed by atoms with Crippen LogP contribution in [-0.4, -0.2) is 16.1 Å². The van der Waals surface area contributed by atoms with Gasteiger partial charge in [0.1, 0.15) is 5.82 Å². The first kappa shape index (κ1) is 17.9. The second-order valence-corrected chi connectivity index (χ2v) is 6.12. The highest BCUT2D eigenvalue weighted by atomic mass is 35.5. The minimum absolute atomic E-state index is 0.263. The molecule has 5 nitrogen and oxygen atoms in total. The summed E-state index contributed by atoms with van der Waals surface area (Å²) in [5.74, 6) is 0.298. The summed E-state index contributed by atoms with van der Waals surface area (Å²) in [7, 11) is 0. The number of nitrogens with zero attached hydrogens (tertiary/aromatic N) is 2. The van der Waals surface area contributed by atoms with E-state index in [-0.39, 0.29) is 11.6 Å². The fourth-order valence-corrected chi connectivity index (χ4v) is 2.71. The largest absolute Gasteiger partial charge is 0.364 e. The lowest BCUT2D eigenvalue weighted by atomic mass is 10.1. The average molecular weight is 367 g/mol. The molecule has 1 amide bonds. The lowest BCUT2D eigenvalue weighted by Crippen LogP contribution is -2.16. The molecule has 0 aliphatic heterocycles. The Balaban J connectivity index is 1.63. The highest BCUT2D eigenvalue weighted by molar-refractivity contribution is 6.31. The van der Waals surface area contributed by atoms with E-state index in [2.05, 4.69) is 20.8 Å². The first-order valence-corrected chi connectivity index (χ1v) is 8.75. The molecule has 0 radical (unpaired) electrons. The molecule has 0 unspecified atom stereocenters. The van der Waals surface area contributed by atoms with Gasteiger partial charge in [0.05, 0.1) is 0 Å². The molecular formula is C20H19ClN4O. The summed E-state index contributed by atoms with van der Waals surface area (Å²) in [6.45, 7) is 2.58. The molecule has 0 fully saturated rings. The van der Waals surface area contributed by atoms with E-state index >= 15 is 0 Å². The van der Waals surface area contributed by atoms with Crippen LogP contribution in [0.5, 0.6) is 0 Å². The number of anilines is 2. The van der Waals surface area contributed by atoms with Crippen molar-refractivity contribution in [2.24, 2.45) is 0 Å². The summed E-state index contributed by atoms with van der Waals surface area (Å²) in [6, 6.07) is 18.7. The van der Waals surface area contributed by atoms with Crippen molar-refractivity contribution in [2.75, 3.05) is 10.6 Å². The molecule has 3 rings (SSSR count). The van der Waals surface area contributed by atoms with Gasteiger partial charge in [0.15, 0.2) is 5.69 Å². The molecule has 132 valence electrons. The zero-order chi connectivity index (χ0) is 18.4. The third-order valence-electron chi connectivity index (χ3n) is 3.96.